The van der Waals surface area contributed by atoms with E-state index in [0.717, 1.165) is 18.4 Å². The first-order valence-corrected chi connectivity index (χ1v) is 9.79. The largest absolute Gasteiger partial charge is 0.489 e. The number of ketones is 1. The van der Waals surface area contributed by atoms with E-state index in [1.165, 1.54) is 16.8 Å². The number of aromatic nitrogens is 2. The molecule has 2 aromatic rings. The molecule has 0 aliphatic carbocycles. The average molecular weight is 397 g/mol. The zero-order valence-electron chi connectivity index (χ0n) is 16.2. The van der Waals surface area contributed by atoms with Gasteiger partial charge in [-0.25, -0.2) is 4.79 Å². The van der Waals surface area contributed by atoms with Crippen molar-refractivity contribution in [2.24, 2.45) is 5.92 Å². The molecule has 0 saturated carbocycles. The molecular formula is C21H23N3O5. The predicted molar refractivity (Wildman–Crippen MR) is 105 cm³/mol. The zero-order valence-corrected chi connectivity index (χ0v) is 16.2. The van der Waals surface area contributed by atoms with Crippen LogP contribution in [0, 0.1) is 12.8 Å². The molecule has 0 spiro atoms. The lowest BCUT2D eigenvalue weighted by Gasteiger charge is -2.38. The first-order chi connectivity index (χ1) is 13.9. The summed E-state index contributed by atoms with van der Waals surface area (Å²) in [4.78, 5) is 52.1. The Morgan fingerprint density at radius 3 is 2.86 bits per heavy atom. The summed E-state index contributed by atoms with van der Waals surface area (Å²) in [5.41, 5.74) is 0.548. The van der Waals surface area contributed by atoms with Gasteiger partial charge in [0.05, 0.1) is 5.56 Å². The maximum Gasteiger partial charge on any atom is 0.328 e. The van der Waals surface area contributed by atoms with Crippen LogP contribution in [0.4, 0.5) is 0 Å². The van der Waals surface area contributed by atoms with Crippen molar-refractivity contribution in [1.29, 1.82) is 0 Å². The van der Waals surface area contributed by atoms with Crippen LogP contribution in [0.3, 0.4) is 0 Å². The minimum atomic E-state index is -0.604. The lowest BCUT2D eigenvalue weighted by atomic mass is 9.86. The third-order valence-electron chi connectivity index (χ3n) is 5.64. The van der Waals surface area contributed by atoms with Gasteiger partial charge in [-0.05, 0) is 31.9 Å². The molecule has 2 unspecified atom stereocenters. The molecule has 2 aliphatic heterocycles. The van der Waals surface area contributed by atoms with Crippen molar-refractivity contribution in [3.63, 3.8) is 0 Å². The number of benzene rings is 1. The van der Waals surface area contributed by atoms with E-state index in [-0.39, 0.29) is 30.3 Å². The maximum absolute atomic E-state index is 12.7. The quantitative estimate of drug-likeness (QED) is 0.836. The summed E-state index contributed by atoms with van der Waals surface area (Å²) in [7, 11) is 0. The monoisotopic (exact) mass is 397 g/mol. The number of ether oxygens (including phenoxy) is 1. The van der Waals surface area contributed by atoms with Gasteiger partial charge in [-0.1, -0.05) is 11.6 Å². The van der Waals surface area contributed by atoms with Crippen molar-refractivity contribution in [1.82, 2.24) is 14.5 Å². The van der Waals surface area contributed by atoms with Gasteiger partial charge in [0.15, 0.2) is 5.78 Å². The Balaban J connectivity index is 1.45. The van der Waals surface area contributed by atoms with Crippen LogP contribution in [-0.4, -0.2) is 45.3 Å². The van der Waals surface area contributed by atoms with Gasteiger partial charge in [0.25, 0.3) is 5.56 Å². The number of carbonyl (C=O) groups excluding carboxylic acids is 2. The molecular weight excluding hydrogens is 374 g/mol. The van der Waals surface area contributed by atoms with Gasteiger partial charge in [-0.3, -0.25) is 23.9 Å². The van der Waals surface area contributed by atoms with E-state index >= 15 is 0 Å². The van der Waals surface area contributed by atoms with Gasteiger partial charge >= 0.3 is 5.69 Å². The number of hydrogen-bond acceptors (Lipinski definition) is 5. The number of rotatable bonds is 3. The topological polar surface area (TPSA) is 101 Å². The molecule has 8 heteroatoms. The molecule has 3 heterocycles. The number of piperidine rings is 1. The molecule has 1 N–H and O–H groups in total. The van der Waals surface area contributed by atoms with Gasteiger partial charge in [-0.2, -0.15) is 0 Å². The lowest BCUT2D eigenvalue weighted by molar-refractivity contribution is -0.134. The number of amides is 1. The molecule has 0 radical (unpaired) electrons. The van der Waals surface area contributed by atoms with E-state index in [0.29, 0.717) is 30.8 Å². The van der Waals surface area contributed by atoms with Gasteiger partial charge in [-0.15, -0.1) is 0 Å². The van der Waals surface area contributed by atoms with Crippen LogP contribution >= 0.6 is 0 Å². The molecule has 29 heavy (non-hydrogen) atoms. The number of fused-ring (bicyclic) bond motifs is 1. The Kier molecular flexibility index (Phi) is 5.08. The summed E-state index contributed by atoms with van der Waals surface area (Å²) < 4.78 is 7.31. The maximum atomic E-state index is 12.7. The highest BCUT2D eigenvalue weighted by Gasteiger charge is 2.35. The normalized spacial score (nSPS) is 21.4. The minimum absolute atomic E-state index is 0.0541. The van der Waals surface area contributed by atoms with Crippen LogP contribution < -0.4 is 16.0 Å². The molecule has 1 aromatic carbocycles. The zero-order chi connectivity index (χ0) is 20.5. The van der Waals surface area contributed by atoms with E-state index in [4.69, 9.17) is 4.74 Å². The van der Waals surface area contributed by atoms with Crippen molar-refractivity contribution in [3.8, 4) is 5.75 Å². The Hall–Kier alpha value is -3.16. The first-order valence-electron chi connectivity index (χ1n) is 9.79. The van der Waals surface area contributed by atoms with E-state index in [1.807, 2.05) is 25.1 Å². The number of nitrogens with one attached hydrogen (secondary N) is 1. The highest BCUT2D eigenvalue weighted by atomic mass is 16.5. The van der Waals surface area contributed by atoms with Crippen molar-refractivity contribution in [2.75, 3.05) is 13.1 Å². The van der Waals surface area contributed by atoms with E-state index in [9.17, 15) is 19.2 Å². The molecule has 1 saturated heterocycles. The molecule has 2 atom stereocenters. The molecule has 1 fully saturated rings. The molecule has 0 bridgehead atoms. The number of carbonyl (C=O) groups is 2. The molecule has 8 nitrogen and oxygen atoms in total. The fourth-order valence-electron chi connectivity index (χ4n) is 4.08. The molecule has 1 amide bonds. The molecule has 1 aromatic heterocycles. The highest BCUT2D eigenvalue weighted by Crippen LogP contribution is 2.33. The van der Waals surface area contributed by atoms with Crippen LogP contribution in [0.2, 0.25) is 0 Å². The van der Waals surface area contributed by atoms with Crippen LogP contribution in [0.25, 0.3) is 0 Å². The van der Waals surface area contributed by atoms with Crippen LogP contribution in [0.15, 0.2) is 40.1 Å². The smallest absolute Gasteiger partial charge is 0.328 e. The van der Waals surface area contributed by atoms with E-state index in [2.05, 4.69) is 4.98 Å². The highest BCUT2D eigenvalue weighted by molar-refractivity contribution is 6.00. The minimum Gasteiger partial charge on any atom is -0.489 e. The summed E-state index contributed by atoms with van der Waals surface area (Å²) in [6.45, 7) is 2.90. The fourth-order valence-corrected chi connectivity index (χ4v) is 4.08. The summed E-state index contributed by atoms with van der Waals surface area (Å²) in [5, 5.41) is 0. The third-order valence-corrected chi connectivity index (χ3v) is 5.64. The van der Waals surface area contributed by atoms with Crippen molar-refractivity contribution in [2.45, 2.75) is 38.8 Å². The van der Waals surface area contributed by atoms with Gasteiger partial charge in [0.1, 0.15) is 18.4 Å². The number of likely N-dealkylation sites (tertiary alicyclic amines) is 1. The molecule has 4 rings (SSSR count). The van der Waals surface area contributed by atoms with Crippen molar-refractivity contribution >= 4 is 11.7 Å². The SMILES string of the molecule is Cc1ccc2c(c1)C(=O)CC(C1CCCN(C(=O)Cn3ccc(=O)[nH]c3=O)C1)O2. The van der Waals surface area contributed by atoms with Gasteiger partial charge < -0.3 is 9.64 Å². The fraction of sp³-hybridized carbons (Fsp3) is 0.429. The number of Topliss-reactive ketones (excluding diaryl/α,β-unsaturated/α-hetero) is 1. The Labute approximate surface area is 167 Å². The second kappa shape index (κ2) is 7.69. The Bertz CT molecular complexity index is 1070. The number of aromatic amines is 1. The Morgan fingerprint density at radius 2 is 2.07 bits per heavy atom. The van der Waals surface area contributed by atoms with Crippen molar-refractivity contribution in [3.05, 3.63) is 62.4 Å². The number of nitrogens with zero attached hydrogens (tertiary/aromatic N) is 2. The summed E-state index contributed by atoms with van der Waals surface area (Å²) in [6.07, 6.45) is 3.06. The van der Waals surface area contributed by atoms with Crippen LogP contribution in [0.5, 0.6) is 5.75 Å². The molecule has 152 valence electrons. The second-order valence-electron chi connectivity index (χ2n) is 7.76. The van der Waals surface area contributed by atoms with E-state index in [1.54, 1.807) is 4.90 Å². The van der Waals surface area contributed by atoms with Crippen molar-refractivity contribution < 1.29 is 14.3 Å². The average Bonchev–Trinajstić information content (AvgIpc) is 2.70. The van der Waals surface area contributed by atoms with Gasteiger partial charge in [0, 0.05) is 37.7 Å². The summed E-state index contributed by atoms with van der Waals surface area (Å²) >= 11 is 0. The predicted octanol–water partition coefficient (Wildman–Crippen LogP) is 1.12. The number of hydrogen-bond donors (Lipinski definition) is 1. The first kappa shape index (κ1) is 19.2. The second-order valence-corrected chi connectivity index (χ2v) is 7.76. The van der Waals surface area contributed by atoms with Crippen LogP contribution in [-0.2, 0) is 11.3 Å². The Morgan fingerprint density at radius 1 is 1.24 bits per heavy atom. The van der Waals surface area contributed by atoms with Gasteiger partial charge in [0.2, 0.25) is 5.91 Å². The summed E-state index contributed by atoms with van der Waals surface area (Å²) in [6, 6.07) is 6.83. The standard InChI is InChI=1S/C21H23N3O5/c1-13-4-5-17-15(9-13)16(25)10-18(29-17)14-3-2-7-23(11-14)20(27)12-24-8-6-19(26)22-21(24)28/h4-6,8-9,14,18H,2-3,7,10-12H2,1H3,(H,22,26,28). The summed E-state index contributed by atoms with van der Waals surface area (Å²) in [5.74, 6) is 0.545. The lowest BCUT2D eigenvalue weighted by Crippen LogP contribution is -2.48. The third kappa shape index (κ3) is 4.01. The number of H-pyrrole nitrogens is 1. The molecule has 2 aliphatic rings. The van der Waals surface area contributed by atoms with E-state index < -0.39 is 11.2 Å². The number of aryl methyl sites for hydroxylation is 1. The van der Waals surface area contributed by atoms with Crippen LogP contribution in [0.1, 0.15) is 35.2 Å².